The molecular weight excluding hydrogens is 204 g/mol. The number of hydrogen-bond donors (Lipinski definition) is 1. The van der Waals surface area contributed by atoms with Crippen molar-refractivity contribution in [2.24, 2.45) is 0 Å². The number of aryl methyl sites for hydroxylation is 1. The molecule has 0 aliphatic rings. The summed E-state index contributed by atoms with van der Waals surface area (Å²) in [5.41, 5.74) is 2.15. The molecule has 16 heavy (non-hydrogen) atoms. The number of fused-ring (bicyclic) bond motifs is 1. The predicted molar refractivity (Wildman–Crippen MR) is 61.6 cm³/mol. The Morgan fingerprint density at radius 1 is 1.50 bits per heavy atom. The van der Waals surface area contributed by atoms with Crippen molar-refractivity contribution in [1.82, 2.24) is 10.3 Å². The minimum absolute atomic E-state index is 0.116. The molecule has 1 aromatic carbocycles. The first-order valence-corrected chi connectivity index (χ1v) is 5.25. The van der Waals surface area contributed by atoms with Crippen molar-refractivity contribution >= 4 is 16.9 Å². The topological polar surface area (TPSA) is 55.1 Å². The quantitative estimate of drug-likeness (QED) is 0.797. The van der Waals surface area contributed by atoms with Crippen molar-refractivity contribution in [2.75, 3.05) is 13.6 Å². The summed E-state index contributed by atoms with van der Waals surface area (Å²) in [6, 6.07) is 5.37. The third kappa shape index (κ3) is 2.12. The number of rotatable bonds is 4. The van der Waals surface area contributed by atoms with Crippen molar-refractivity contribution < 1.29 is 9.21 Å². The molecule has 4 heteroatoms. The maximum absolute atomic E-state index is 11.8. The zero-order chi connectivity index (χ0) is 11.5. The molecule has 2 aromatic rings. The molecule has 0 aliphatic heterocycles. The van der Waals surface area contributed by atoms with Crippen LogP contribution in [0.1, 0.15) is 22.7 Å². The fourth-order valence-electron chi connectivity index (χ4n) is 1.60. The van der Waals surface area contributed by atoms with Crippen LogP contribution in [0.25, 0.3) is 11.1 Å². The number of ketones is 1. The second-order valence-corrected chi connectivity index (χ2v) is 3.69. The maximum Gasteiger partial charge on any atom is 0.192 e. The lowest BCUT2D eigenvalue weighted by Gasteiger charge is -1.99. The van der Waals surface area contributed by atoms with Crippen LogP contribution in [-0.4, -0.2) is 24.4 Å². The van der Waals surface area contributed by atoms with Gasteiger partial charge in [0.1, 0.15) is 5.52 Å². The van der Waals surface area contributed by atoms with E-state index in [0.717, 1.165) is 5.52 Å². The number of aromatic nitrogens is 1. The van der Waals surface area contributed by atoms with Crippen molar-refractivity contribution in [1.29, 1.82) is 0 Å². The Kier molecular flexibility index (Phi) is 3.01. The van der Waals surface area contributed by atoms with E-state index in [9.17, 15) is 4.79 Å². The lowest BCUT2D eigenvalue weighted by Crippen LogP contribution is -2.12. The van der Waals surface area contributed by atoms with Crippen LogP contribution >= 0.6 is 0 Å². The first kappa shape index (κ1) is 10.8. The summed E-state index contributed by atoms with van der Waals surface area (Å²) in [6.45, 7) is 2.48. The second-order valence-electron chi connectivity index (χ2n) is 3.69. The van der Waals surface area contributed by atoms with Crippen molar-refractivity contribution in [2.45, 2.75) is 13.3 Å². The van der Waals surface area contributed by atoms with Crippen LogP contribution in [0.15, 0.2) is 22.6 Å². The van der Waals surface area contributed by atoms with E-state index in [2.05, 4.69) is 10.3 Å². The van der Waals surface area contributed by atoms with Gasteiger partial charge in [-0.1, -0.05) is 0 Å². The molecule has 0 aliphatic carbocycles. The lowest BCUT2D eigenvalue weighted by molar-refractivity contribution is 0.0983. The van der Waals surface area contributed by atoms with E-state index in [1.165, 1.54) is 0 Å². The summed E-state index contributed by atoms with van der Waals surface area (Å²) in [5.74, 6) is 0.736. The summed E-state index contributed by atoms with van der Waals surface area (Å²) >= 11 is 0. The number of benzene rings is 1. The summed E-state index contributed by atoms with van der Waals surface area (Å²) in [6.07, 6.45) is 0.495. The van der Waals surface area contributed by atoms with Crippen LogP contribution in [0.5, 0.6) is 0 Å². The SMILES string of the molecule is CNCCC(=O)c1ccc2nc(C)oc2c1. The molecule has 0 radical (unpaired) electrons. The fraction of sp³-hybridized carbons (Fsp3) is 0.333. The smallest absolute Gasteiger partial charge is 0.192 e. The zero-order valence-electron chi connectivity index (χ0n) is 9.41. The number of hydrogen-bond acceptors (Lipinski definition) is 4. The van der Waals surface area contributed by atoms with Crippen LogP contribution in [0.2, 0.25) is 0 Å². The molecular formula is C12H14N2O2. The Balaban J connectivity index is 2.28. The van der Waals surface area contributed by atoms with Gasteiger partial charge in [-0.15, -0.1) is 0 Å². The van der Waals surface area contributed by atoms with E-state index in [1.54, 1.807) is 19.1 Å². The molecule has 0 bridgehead atoms. The summed E-state index contributed by atoms with van der Waals surface area (Å²) in [5, 5.41) is 2.95. The molecule has 2 rings (SSSR count). The van der Waals surface area contributed by atoms with Gasteiger partial charge in [0.15, 0.2) is 17.3 Å². The van der Waals surface area contributed by atoms with Crippen LogP contribution in [0.3, 0.4) is 0 Å². The average molecular weight is 218 g/mol. The van der Waals surface area contributed by atoms with Gasteiger partial charge < -0.3 is 9.73 Å². The fourth-order valence-corrected chi connectivity index (χ4v) is 1.60. The number of carbonyl (C=O) groups excluding carboxylic acids is 1. The van der Waals surface area contributed by atoms with Gasteiger partial charge in [-0.05, 0) is 25.2 Å². The number of carbonyl (C=O) groups is 1. The standard InChI is InChI=1S/C12H14N2O2/c1-8-14-10-4-3-9(7-12(10)16-8)11(15)5-6-13-2/h3-4,7,13H,5-6H2,1-2H3. The highest BCUT2D eigenvalue weighted by Crippen LogP contribution is 2.17. The maximum atomic E-state index is 11.8. The molecule has 4 nitrogen and oxygen atoms in total. The van der Waals surface area contributed by atoms with Crippen molar-refractivity contribution in [3.63, 3.8) is 0 Å². The molecule has 0 spiro atoms. The van der Waals surface area contributed by atoms with Gasteiger partial charge in [0.05, 0.1) is 0 Å². The Morgan fingerprint density at radius 2 is 2.31 bits per heavy atom. The Labute approximate surface area is 93.7 Å². The van der Waals surface area contributed by atoms with Gasteiger partial charge in [0.25, 0.3) is 0 Å². The van der Waals surface area contributed by atoms with Crippen LogP contribution < -0.4 is 5.32 Å². The second kappa shape index (κ2) is 4.45. The number of oxazole rings is 1. The molecule has 0 fully saturated rings. The number of nitrogens with zero attached hydrogens (tertiary/aromatic N) is 1. The predicted octanol–water partition coefficient (Wildman–Crippen LogP) is 1.93. The van der Waals surface area contributed by atoms with Gasteiger partial charge in [-0.25, -0.2) is 4.98 Å². The minimum Gasteiger partial charge on any atom is -0.441 e. The third-order valence-corrected chi connectivity index (χ3v) is 2.42. The Bertz CT molecular complexity index is 517. The normalized spacial score (nSPS) is 10.9. The highest BCUT2D eigenvalue weighted by Gasteiger charge is 2.08. The Hall–Kier alpha value is -1.68. The van der Waals surface area contributed by atoms with E-state index in [-0.39, 0.29) is 5.78 Å². The minimum atomic E-state index is 0.116. The average Bonchev–Trinajstić information content (AvgIpc) is 2.64. The van der Waals surface area contributed by atoms with E-state index >= 15 is 0 Å². The van der Waals surface area contributed by atoms with Gasteiger partial charge in [-0.3, -0.25) is 4.79 Å². The molecule has 1 aromatic heterocycles. The molecule has 0 saturated heterocycles. The van der Waals surface area contributed by atoms with E-state index in [1.807, 2.05) is 13.1 Å². The van der Waals surface area contributed by atoms with E-state index in [0.29, 0.717) is 30.0 Å². The van der Waals surface area contributed by atoms with Gasteiger partial charge in [0.2, 0.25) is 0 Å². The first-order chi connectivity index (χ1) is 7.70. The van der Waals surface area contributed by atoms with Crippen molar-refractivity contribution in [3.05, 3.63) is 29.7 Å². The molecule has 0 atom stereocenters. The summed E-state index contributed by atoms with van der Waals surface area (Å²) in [4.78, 5) is 15.9. The molecule has 84 valence electrons. The highest BCUT2D eigenvalue weighted by molar-refractivity contribution is 5.98. The monoisotopic (exact) mass is 218 g/mol. The van der Waals surface area contributed by atoms with Crippen LogP contribution in [-0.2, 0) is 0 Å². The largest absolute Gasteiger partial charge is 0.441 e. The molecule has 1 heterocycles. The first-order valence-electron chi connectivity index (χ1n) is 5.25. The number of Topliss-reactive ketones (excluding diaryl/α,β-unsaturated/α-hetero) is 1. The molecule has 0 unspecified atom stereocenters. The van der Waals surface area contributed by atoms with Gasteiger partial charge >= 0.3 is 0 Å². The summed E-state index contributed by atoms with van der Waals surface area (Å²) < 4.78 is 5.38. The zero-order valence-corrected chi connectivity index (χ0v) is 9.41. The van der Waals surface area contributed by atoms with E-state index in [4.69, 9.17) is 4.42 Å². The summed E-state index contributed by atoms with van der Waals surface area (Å²) in [7, 11) is 1.83. The molecule has 0 saturated carbocycles. The molecule has 1 N–H and O–H groups in total. The Morgan fingerprint density at radius 3 is 3.06 bits per heavy atom. The number of nitrogens with one attached hydrogen (secondary N) is 1. The van der Waals surface area contributed by atoms with Crippen molar-refractivity contribution in [3.8, 4) is 0 Å². The highest BCUT2D eigenvalue weighted by atomic mass is 16.3. The third-order valence-electron chi connectivity index (χ3n) is 2.42. The van der Waals surface area contributed by atoms with Crippen LogP contribution in [0, 0.1) is 6.92 Å². The molecule has 0 amide bonds. The lowest BCUT2D eigenvalue weighted by atomic mass is 10.1. The van der Waals surface area contributed by atoms with E-state index < -0.39 is 0 Å². The van der Waals surface area contributed by atoms with Gasteiger partial charge in [0, 0.05) is 25.5 Å². The van der Waals surface area contributed by atoms with Gasteiger partial charge in [-0.2, -0.15) is 0 Å². The van der Waals surface area contributed by atoms with Crippen LogP contribution in [0.4, 0.5) is 0 Å².